The monoisotopic (exact) mass is 1090 g/mol. The normalized spacial score (nSPS) is 53.2. The van der Waals surface area contributed by atoms with E-state index in [0.717, 1.165) is 5.57 Å². The maximum Gasteiger partial charge on any atom is 0.187 e. The summed E-state index contributed by atoms with van der Waals surface area (Å²) in [7, 11) is 0. The molecule has 0 aromatic heterocycles. The second kappa shape index (κ2) is 22.9. The Morgan fingerprint density at radius 1 is 0.618 bits per heavy atom. The highest BCUT2D eigenvalue weighted by atomic mass is 16.8. The maximum absolute atomic E-state index is 12.9. The zero-order valence-electron chi connectivity index (χ0n) is 45.0. The number of rotatable bonds is 15. The Labute approximate surface area is 444 Å². The predicted octanol–water partition coefficient (Wildman–Crippen LogP) is -2.59. The van der Waals surface area contributed by atoms with Gasteiger partial charge in [0.25, 0.3) is 0 Å². The minimum Gasteiger partial charge on any atom is -0.394 e. The van der Waals surface area contributed by atoms with Crippen molar-refractivity contribution in [3.8, 4) is 0 Å². The quantitative estimate of drug-likeness (QED) is 0.0591. The van der Waals surface area contributed by atoms with Crippen molar-refractivity contribution in [3.63, 3.8) is 0 Å². The van der Waals surface area contributed by atoms with Gasteiger partial charge < -0.3 is 114 Å². The van der Waals surface area contributed by atoms with Crippen LogP contribution in [-0.2, 0) is 37.9 Å². The first-order chi connectivity index (χ1) is 35.5. The van der Waals surface area contributed by atoms with E-state index < -0.39 is 206 Å². The van der Waals surface area contributed by atoms with Crippen molar-refractivity contribution in [1.29, 1.82) is 0 Å². The molecule has 23 nitrogen and oxygen atoms in total. The molecule has 0 aromatic rings. The fraction of sp³-hybridized carbons (Fsp3) is 0.962. The second-order valence-electron chi connectivity index (χ2n) is 25.5. The molecule has 4 saturated heterocycles. The molecule has 15 N–H and O–H groups in total. The summed E-state index contributed by atoms with van der Waals surface area (Å²) < 4.78 is 49.5. The third-order valence-corrected chi connectivity index (χ3v) is 20.4. The second-order valence-corrected chi connectivity index (χ2v) is 25.5. The smallest absolute Gasteiger partial charge is 0.187 e. The van der Waals surface area contributed by atoms with Crippen molar-refractivity contribution >= 4 is 0 Å². The lowest BCUT2D eigenvalue weighted by Gasteiger charge is -2.72. The van der Waals surface area contributed by atoms with Gasteiger partial charge in [0, 0.05) is 0 Å². The molecule has 8 fully saturated rings. The van der Waals surface area contributed by atoms with E-state index in [1.165, 1.54) is 0 Å². The van der Waals surface area contributed by atoms with Gasteiger partial charge in [0.1, 0.15) is 91.6 Å². The van der Waals surface area contributed by atoms with Crippen LogP contribution in [0.3, 0.4) is 0 Å². The summed E-state index contributed by atoms with van der Waals surface area (Å²) in [5.74, 6) is -1.43. The fourth-order valence-corrected chi connectivity index (χ4v) is 16.0. The van der Waals surface area contributed by atoms with Crippen molar-refractivity contribution in [2.45, 2.75) is 247 Å². The van der Waals surface area contributed by atoms with E-state index in [-0.39, 0.29) is 5.92 Å². The molecule has 30 unspecified atom stereocenters. The molecule has 440 valence electrons. The summed E-state index contributed by atoms with van der Waals surface area (Å²) in [6.07, 6.45) is -27.2. The molecule has 0 amide bonds. The zero-order valence-corrected chi connectivity index (χ0v) is 45.0. The van der Waals surface area contributed by atoms with E-state index in [0.29, 0.717) is 51.4 Å². The third-order valence-electron chi connectivity index (χ3n) is 20.4. The summed E-state index contributed by atoms with van der Waals surface area (Å²) in [5.41, 5.74) is -2.88. The average molecular weight is 1100 g/mol. The van der Waals surface area contributed by atoms with Crippen LogP contribution >= 0.6 is 0 Å². The van der Waals surface area contributed by atoms with Crippen molar-refractivity contribution in [3.05, 3.63) is 11.6 Å². The Kier molecular flexibility index (Phi) is 18.3. The topological polar surface area (TPSA) is 377 Å². The van der Waals surface area contributed by atoms with Crippen LogP contribution in [0.4, 0.5) is 0 Å². The molecule has 23 heteroatoms. The molecule has 4 saturated carbocycles. The first-order valence-corrected chi connectivity index (χ1v) is 27.4. The van der Waals surface area contributed by atoms with E-state index in [4.69, 9.17) is 37.9 Å². The van der Waals surface area contributed by atoms with E-state index in [9.17, 15) is 76.6 Å². The Morgan fingerprint density at radius 3 is 1.83 bits per heavy atom. The lowest BCUT2D eigenvalue weighted by atomic mass is 9.34. The van der Waals surface area contributed by atoms with Crippen LogP contribution < -0.4 is 0 Å². The van der Waals surface area contributed by atoms with Crippen LogP contribution in [-0.4, -0.2) is 244 Å². The number of aliphatic hydroxyl groups is 15. The molecular formula is C53H90O23. The molecule has 4 aliphatic heterocycles. The summed E-state index contributed by atoms with van der Waals surface area (Å²) in [4.78, 5) is 0. The minimum atomic E-state index is -1.81. The Bertz CT molecular complexity index is 1980. The van der Waals surface area contributed by atoms with Gasteiger partial charge in [-0.2, -0.15) is 0 Å². The van der Waals surface area contributed by atoms with Crippen LogP contribution in [0.1, 0.15) is 107 Å². The van der Waals surface area contributed by atoms with Gasteiger partial charge in [-0.15, -0.1) is 0 Å². The molecule has 30 atom stereocenters. The molecule has 0 radical (unpaired) electrons. The molecule has 4 heterocycles. The first kappa shape index (κ1) is 60.9. The lowest BCUT2D eigenvalue weighted by Crippen LogP contribution is -2.71. The summed E-state index contributed by atoms with van der Waals surface area (Å²) in [5, 5.41) is 165. The average Bonchev–Trinajstić information content (AvgIpc) is 3.77. The van der Waals surface area contributed by atoms with Gasteiger partial charge in [0.15, 0.2) is 25.2 Å². The van der Waals surface area contributed by atoms with Crippen molar-refractivity contribution < 1.29 is 114 Å². The van der Waals surface area contributed by atoms with Gasteiger partial charge in [0.05, 0.1) is 50.3 Å². The van der Waals surface area contributed by atoms with Gasteiger partial charge in [-0.25, -0.2) is 0 Å². The minimum absolute atomic E-state index is 0.148. The first-order valence-electron chi connectivity index (χ1n) is 27.4. The van der Waals surface area contributed by atoms with Gasteiger partial charge in [0.2, 0.25) is 0 Å². The van der Waals surface area contributed by atoms with Gasteiger partial charge in [-0.05, 0) is 117 Å². The summed E-state index contributed by atoms with van der Waals surface area (Å²) in [6.45, 7) is 14.0. The van der Waals surface area contributed by atoms with Crippen LogP contribution in [0, 0.1) is 45.3 Å². The van der Waals surface area contributed by atoms with Gasteiger partial charge >= 0.3 is 0 Å². The number of hydrogen-bond donors (Lipinski definition) is 15. The van der Waals surface area contributed by atoms with E-state index in [1.54, 1.807) is 0 Å². The number of fused-ring (bicyclic) bond motifs is 5. The third kappa shape index (κ3) is 10.5. The fourth-order valence-electron chi connectivity index (χ4n) is 16.0. The number of hydrogen-bond acceptors (Lipinski definition) is 23. The molecule has 76 heavy (non-hydrogen) atoms. The molecule has 0 aromatic carbocycles. The Morgan fingerprint density at radius 2 is 1.20 bits per heavy atom. The highest BCUT2D eigenvalue weighted by molar-refractivity contribution is 5.22. The number of ether oxygens (including phenoxy) is 8. The summed E-state index contributed by atoms with van der Waals surface area (Å²) in [6, 6.07) is 0. The maximum atomic E-state index is 12.9. The standard InChI is InChI=1S/C53H90O23/c1-22(2)10-9-13-53(8,76-47-42(68)38(64)36(62)29(74-47)21-70-45-41(67)37(63)34(60)27(18-54)72-45)23-11-15-51(6)32(23)24(56)16-30-50(5)14-12-31(58)49(3,4)44(50)26(17-52(30,51)7)71-48-43(39(65)35(61)28(19-55)73-48)75-46-40(66)33(59)25(57)20-69-46/h10,23-48,54-68H,9,11-21H2,1-8H3. The van der Waals surface area contributed by atoms with Gasteiger partial charge in [-0.1, -0.05) is 46.3 Å². The largest absolute Gasteiger partial charge is 0.394 e. The SMILES string of the molecule is CC(C)=CCCC(C)(OC1OC(COC2OC(CO)C(O)C(O)C2O)C(O)C(O)C1O)C1CCC2(C)C1C(O)CC1C3(C)CCC(O)C(C)(C)C3C(OC3OC(CO)C(O)C(O)C3OC3OCC(O)C(O)C3O)CC12C. The molecule has 4 aliphatic carbocycles. The van der Waals surface area contributed by atoms with Crippen molar-refractivity contribution in [2.24, 2.45) is 45.3 Å². The Hall–Kier alpha value is -1.18. The van der Waals surface area contributed by atoms with Crippen molar-refractivity contribution in [1.82, 2.24) is 0 Å². The zero-order chi connectivity index (χ0) is 55.9. The Balaban J connectivity index is 1.11. The molecule has 0 bridgehead atoms. The summed E-state index contributed by atoms with van der Waals surface area (Å²) >= 11 is 0. The molecular weight excluding hydrogens is 1000 g/mol. The molecule has 8 aliphatic rings. The van der Waals surface area contributed by atoms with E-state index in [2.05, 4.69) is 26.8 Å². The van der Waals surface area contributed by atoms with Gasteiger partial charge in [-0.3, -0.25) is 0 Å². The molecule has 0 spiro atoms. The van der Waals surface area contributed by atoms with Crippen LogP contribution in [0.2, 0.25) is 0 Å². The van der Waals surface area contributed by atoms with Crippen LogP contribution in [0.15, 0.2) is 11.6 Å². The van der Waals surface area contributed by atoms with Crippen molar-refractivity contribution in [2.75, 3.05) is 26.4 Å². The van der Waals surface area contributed by atoms with Crippen LogP contribution in [0.25, 0.3) is 0 Å². The highest BCUT2D eigenvalue weighted by Gasteiger charge is 2.74. The highest BCUT2D eigenvalue weighted by Crippen LogP contribution is 2.76. The predicted molar refractivity (Wildman–Crippen MR) is 262 cm³/mol. The van der Waals surface area contributed by atoms with E-state index in [1.807, 2.05) is 34.6 Å². The van der Waals surface area contributed by atoms with E-state index >= 15 is 0 Å². The van der Waals surface area contributed by atoms with Crippen LogP contribution in [0.5, 0.6) is 0 Å². The molecule has 8 rings (SSSR count). The number of allylic oxidation sites excluding steroid dienone is 2. The lowest BCUT2D eigenvalue weighted by molar-refractivity contribution is -0.377. The number of aliphatic hydroxyl groups excluding tert-OH is 15.